The molecule has 8 nitrogen and oxygen atoms in total. The van der Waals surface area contributed by atoms with Crippen molar-refractivity contribution < 1.29 is 28.6 Å². The summed E-state index contributed by atoms with van der Waals surface area (Å²) in [6.45, 7) is 26.6. The summed E-state index contributed by atoms with van der Waals surface area (Å²) in [6.07, 6.45) is 1.22. The molecule has 0 aromatic heterocycles. The highest BCUT2D eigenvalue weighted by Gasteiger charge is 2.15. The molecule has 0 aliphatic heterocycles. The zero-order chi connectivity index (χ0) is 31.3. The average molecular weight is 557 g/mol. The van der Waals surface area contributed by atoms with Crippen LogP contribution in [0.15, 0.2) is 24.3 Å². The van der Waals surface area contributed by atoms with Crippen molar-refractivity contribution in [3.8, 4) is 0 Å². The molecule has 0 bridgehead atoms. The molecule has 1 rings (SSSR count). The van der Waals surface area contributed by atoms with Gasteiger partial charge in [0.25, 0.3) is 5.91 Å². The maximum absolute atomic E-state index is 11.9. The number of aldehydes is 1. The fourth-order valence-corrected chi connectivity index (χ4v) is 2.18. The van der Waals surface area contributed by atoms with Crippen molar-refractivity contribution in [1.82, 2.24) is 10.6 Å². The first-order chi connectivity index (χ1) is 18.4. The lowest BCUT2D eigenvalue weighted by molar-refractivity contribution is -0.123. The predicted molar refractivity (Wildman–Crippen MR) is 164 cm³/mol. The second kappa shape index (κ2) is 28.7. The lowest BCUT2D eigenvalue weighted by Crippen LogP contribution is -2.30. The SMILES string of the molecule is CC.CC.CC.CC(C)(C)CC(=O)NCCOCCOCCNC(=O)c1ccc(C=O)cc1.COC(C)(C)C. The standard InChI is InChI=1S/C20H30N2O5.C5H12O.3C2H6/c1-20(2,3)14-18(24)21-8-10-26-12-13-27-11-9-22-19(25)17-6-4-16(15-23)5-7-17;1-5(2,3)6-4;3*1-2/h4-7,15H,8-14H2,1-3H3,(H,21,24)(H,22,25);1-4H3;3*1-2H3. The summed E-state index contributed by atoms with van der Waals surface area (Å²) in [5.41, 5.74) is 1.05. The van der Waals surface area contributed by atoms with Gasteiger partial charge < -0.3 is 24.8 Å². The van der Waals surface area contributed by atoms with Crippen LogP contribution in [0.4, 0.5) is 0 Å². The zero-order valence-electron chi connectivity index (χ0n) is 27.3. The molecule has 0 radical (unpaired) electrons. The molecular weight excluding hydrogens is 496 g/mol. The Morgan fingerprint density at radius 2 is 1.15 bits per heavy atom. The number of methoxy groups -OCH3 is 1. The van der Waals surface area contributed by atoms with Crippen molar-refractivity contribution >= 4 is 18.1 Å². The molecule has 0 aliphatic rings. The molecule has 2 N–H and O–H groups in total. The number of nitrogens with one attached hydrogen (secondary N) is 2. The molecule has 0 spiro atoms. The van der Waals surface area contributed by atoms with E-state index in [2.05, 4.69) is 10.6 Å². The lowest BCUT2D eigenvalue weighted by atomic mass is 9.92. The number of hydrogen-bond acceptors (Lipinski definition) is 6. The van der Waals surface area contributed by atoms with Crippen molar-refractivity contribution in [2.75, 3.05) is 46.6 Å². The fourth-order valence-electron chi connectivity index (χ4n) is 2.18. The average Bonchev–Trinajstić information content (AvgIpc) is 2.92. The van der Waals surface area contributed by atoms with Crippen molar-refractivity contribution in [3.05, 3.63) is 35.4 Å². The van der Waals surface area contributed by atoms with Gasteiger partial charge in [-0.1, -0.05) is 74.4 Å². The van der Waals surface area contributed by atoms with Gasteiger partial charge in [0.05, 0.1) is 32.0 Å². The van der Waals surface area contributed by atoms with E-state index >= 15 is 0 Å². The van der Waals surface area contributed by atoms with E-state index in [-0.39, 0.29) is 22.8 Å². The number of ether oxygens (including phenoxy) is 3. The van der Waals surface area contributed by atoms with Crippen LogP contribution in [0.3, 0.4) is 0 Å². The van der Waals surface area contributed by atoms with Crippen LogP contribution in [0.2, 0.25) is 0 Å². The number of rotatable bonds is 12. The summed E-state index contributed by atoms with van der Waals surface area (Å²) in [6, 6.07) is 6.41. The number of amides is 2. The third-order valence-electron chi connectivity index (χ3n) is 4.08. The highest BCUT2D eigenvalue weighted by Crippen LogP contribution is 2.17. The minimum absolute atomic E-state index is 0.0207. The Balaban J connectivity index is -0.000000434. The highest BCUT2D eigenvalue weighted by atomic mass is 16.5. The summed E-state index contributed by atoms with van der Waals surface area (Å²) >= 11 is 0. The van der Waals surface area contributed by atoms with Crippen molar-refractivity contribution in [1.29, 1.82) is 0 Å². The van der Waals surface area contributed by atoms with Gasteiger partial charge in [-0.2, -0.15) is 0 Å². The summed E-state index contributed by atoms with van der Waals surface area (Å²) in [5.74, 6) is -0.183. The summed E-state index contributed by atoms with van der Waals surface area (Å²) < 4.78 is 15.7. The topological polar surface area (TPSA) is 103 Å². The molecular formula is C31H60N2O6. The Kier molecular flexibility index (Phi) is 32.2. The maximum Gasteiger partial charge on any atom is 0.251 e. The quantitative estimate of drug-likeness (QED) is 0.231. The van der Waals surface area contributed by atoms with Crippen LogP contribution in [0, 0.1) is 5.41 Å². The van der Waals surface area contributed by atoms with Gasteiger partial charge in [0.1, 0.15) is 6.29 Å². The van der Waals surface area contributed by atoms with Gasteiger partial charge >= 0.3 is 0 Å². The minimum Gasteiger partial charge on any atom is -0.379 e. The van der Waals surface area contributed by atoms with Gasteiger partial charge in [-0.3, -0.25) is 14.4 Å². The van der Waals surface area contributed by atoms with Gasteiger partial charge in [0, 0.05) is 37.7 Å². The molecule has 0 fully saturated rings. The van der Waals surface area contributed by atoms with Crippen molar-refractivity contribution in [2.24, 2.45) is 5.41 Å². The second-order valence-electron chi connectivity index (χ2n) is 9.62. The van der Waals surface area contributed by atoms with Crippen LogP contribution < -0.4 is 10.6 Å². The van der Waals surface area contributed by atoms with E-state index in [1.54, 1.807) is 31.4 Å². The zero-order valence-corrected chi connectivity index (χ0v) is 27.3. The molecule has 1 aromatic rings. The smallest absolute Gasteiger partial charge is 0.251 e. The number of benzene rings is 1. The largest absolute Gasteiger partial charge is 0.379 e. The van der Waals surface area contributed by atoms with E-state index in [9.17, 15) is 14.4 Å². The highest BCUT2D eigenvalue weighted by molar-refractivity contribution is 5.94. The maximum atomic E-state index is 11.9. The van der Waals surface area contributed by atoms with Crippen LogP contribution >= 0.6 is 0 Å². The van der Waals surface area contributed by atoms with E-state index < -0.39 is 0 Å². The van der Waals surface area contributed by atoms with E-state index in [1.165, 1.54) is 0 Å². The number of carbonyl (C=O) groups excluding carboxylic acids is 3. The summed E-state index contributed by atoms with van der Waals surface area (Å²) in [4.78, 5) is 34.1. The van der Waals surface area contributed by atoms with E-state index in [0.717, 1.165) is 6.29 Å². The van der Waals surface area contributed by atoms with Crippen LogP contribution in [0.25, 0.3) is 0 Å². The molecule has 0 atom stereocenters. The number of carbonyl (C=O) groups is 3. The molecule has 39 heavy (non-hydrogen) atoms. The third-order valence-corrected chi connectivity index (χ3v) is 4.08. The summed E-state index contributed by atoms with van der Waals surface area (Å²) in [5, 5.41) is 5.55. The van der Waals surface area contributed by atoms with E-state index in [1.807, 2.05) is 83.1 Å². The Hall–Kier alpha value is -2.29. The lowest BCUT2D eigenvalue weighted by Gasteiger charge is -2.17. The fraction of sp³-hybridized carbons (Fsp3) is 0.710. The monoisotopic (exact) mass is 556 g/mol. The molecule has 1 aromatic carbocycles. The first-order valence-electron chi connectivity index (χ1n) is 14.2. The van der Waals surface area contributed by atoms with Gasteiger partial charge in [-0.25, -0.2) is 0 Å². The molecule has 0 heterocycles. The third kappa shape index (κ3) is 33.7. The first-order valence-corrected chi connectivity index (χ1v) is 14.2. The van der Waals surface area contributed by atoms with E-state index in [0.29, 0.717) is 57.1 Å². The van der Waals surface area contributed by atoms with E-state index in [4.69, 9.17) is 14.2 Å². The van der Waals surface area contributed by atoms with Gasteiger partial charge in [-0.15, -0.1) is 0 Å². The Labute approximate surface area is 240 Å². The predicted octanol–water partition coefficient (Wildman–Crippen LogP) is 6.32. The van der Waals surface area contributed by atoms with Gasteiger partial charge in [0.2, 0.25) is 5.91 Å². The Bertz CT molecular complexity index is 693. The van der Waals surface area contributed by atoms with Crippen molar-refractivity contribution in [3.63, 3.8) is 0 Å². The van der Waals surface area contributed by atoms with Crippen LogP contribution in [-0.2, 0) is 19.0 Å². The van der Waals surface area contributed by atoms with Gasteiger partial charge in [-0.05, 0) is 38.3 Å². The molecule has 2 amide bonds. The molecule has 8 heteroatoms. The number of hydrogen-bond donors (Lipinski definition) is 2. The molecule has 0 aliphatic carbocycles. The normalized spacial score (nSPS) is 9.97. The minimum atomic E-state index is -0.210. The molecule has 230 valence electrons. The summed E-state index contributed by atoms with van der Waals surface area (Å²) in [7, 11) is 1.71. The molecule has 0 saturated carbocycles. The van der Waals surface area contributed by atoms with Crippen LogP contribution in [-0.4, -0.2) is 70.3 Å². The Morgan fingerprint density at radius 1 is 0.744 bits per heavy atom. The Morgan fingerprint density at radius 3 is 1.51 bits per heavy atom. The molecule has 0 unspecified atom stereocenters. The van der Waals surface area contributed by atoms with Gasteiger partial charge in [0.15, 0.2) is 0 Å². The molecule has 0 saturated heterocycles. The van der Waals surface area contributed by atoms with Crippen LogP contribution in [0.1, 0.15) is 110 Å². The van der Waals surface area contributed by atoms with Crippen LogP contribution in [0.5, 0.6) is 0 Å². The van der Waals surface area contributed by atoms with Crippen molar-refractivity contribution in [2.45, 2.75) is 95.1 Å². The second-order valence-corrected chi connectivity index (χ2v) is 9.62. The first kappa shape index (κ1) is 43.8.